The van der Waals surface area contributed by atoms with E-state index in [1.807, 2.05) is 35.9 Å². The Kier molecular flexibility index (Phi) is 5.11. The van der Waals surface area contributed by atoms with Crippen molar-refractivity contribution in [1.82, 2.24) is 29.7 Å². The van der Waals surface area contributed by atoms with Gasteiger partial charge in [0.15, 0.2) is 11.6 Å². The predicted molar refractivity (Wildman–Crippen MR) is 99.6 cm³/mol. The highest BCUT2D eigenvalue weighted by molar-refractivity contribution is 5.88. The van der Waals surface area contributed by atoms with E-state index in [1.165, 1.54) is 0 Å². The van der Waals surface area contributed by atoms with Crippen LogP contribution >= 0.6 is 0 Å². The summed E-state index contributed by atoms with van der Waals surface area (Å²) in [7, 11) is 4.05. The van der Waals surface area contributed by atoms with E-state index in [0.717, 1.165) is 57.0 Å². The molecule has 0 aromatic carbocycles. The van der Waals surface area contributed by atoms with E-state index in [-0.39, 0.29) is 11.9 Å². The normalized spacial score (nSPS) is 20.3. The largest absolute Gasteiger partial charge is 0.339 e. The fraction of sp³-hybridized carbons (Fsp3) is 0.667. The number of likely N-dealkylation sites (tertiary alicyclic amines) is 1. The average molecular weight is 373 g/mol. The number of carbonyl (C=O) groups excluding carboxylic acids is 1. The third-order valence-corrected chi connectivity index (χ3v) is 5.11. The molecular weight excluding hydrogens is 346 g/mol. The number of likely N-dealkylation sites (N-methyl/N-ethyl adjacent to an activating group) is 1. The average Bonchev–Trinajstić information content (AvgIpc) is 3.22. The molecule has 9 heteroatoms. The molecule has 2 aliphatic rings. The molecule has 9 nitrogen and oxygen atoms in total. The number of amides is 2. The molecular formula is C18H27N7O2. The van der Waals surface area contributed by atoms with Crippen LogP contribution in [0.3, 0.4) is 0 Å². The molecule has 27 heavy (non-hydrogen) atoms. The lowest BCUT2D eigenvalue weighted by atomic mass is 9.97. The monoisotopic (exact) mass is 373 g/mol. The topological polar surface area (TPSA) is 92.3 Å². The molecule has 2 amide bonds. The lowest BCUT2D eigenvalue weighted by Crippen LogP contribution is -2.42. The fourth-order valence-electron chi connectivity index (χ4n) is 3.33. The zero-order chi connectivity index (χ0) is 18.8. The van der Waals surface area contributed by atoms with Gasteiger partial charge in [-0.25, -0.2) is 4.79 Å². The van der Waals surface area contributed by atoms with Gasteiger partial charge in [-0.2, -0.15) is 10.1 Å². The van der Waals surface area contributed by atoms with Gasteiger partial charge in [-0.3, -0.25) is 10.00 Å². The number of nitrogens with one attached hydrogen (secondary N) is 1. The SMILES string of the molecule is CN(C)CCn1ccc(NC(=O)N2CCCC(c3noc(C4CC4)n3)C2)n1. The van der Waals surface area contributed by atoms with Crippen molar-refractivity contribution in [3.63, 3.8) is 0 Å². The van der Waals surface area contributed by atoms with Crippen molar-refractivity contribution in [3.8, 4) is 0 Å². The Morgan fingerprint density at radius 1 is 1.33 bits per heavy atom. The van der Waals surface area contributed by atoms with Crippen LogP contribution in [0.15, 0.2) is 16.8 Å². The van der Waals surface area contributed by atoms with Gasteiger partial charge >= 0.3 is 6.03 Å². The lowest BCUT2D eigenvalue weighted by molar-refractivity contribution is 0.190. The molecule has 1 N–H and O–H groups in total. The van der Waals surface area contributed by atoms with Crippen LogP contribution in [0.5, 0.6) is 0 Å². The van der Waals surface area contributed by atoms with Crippen molar-refractivity contribution in [2.45, 2.75) is 44.1 Å². The Balaban J connectivity index is 1.32. The van der Waals surface area contributed by atoms with Gasteiger partial charge in [-0.05, 0) is 39.8 Å². The van der Waals surface area contributed by atoms with Crippen LogP contribution in [0.4, 0.5) is 10.6 Å². The van der Waals surface area contributed by atoms with E-state index in [2.05, 4.69) is 25.5 Å². The molecule has 4 rings (SSSR count). The van der Waals surface area contributed by atoms with Gasteiger partial charge in [0.1, 0.15) is 0 Å². The number of carbonyl (C=O) groups is 1. The van der Waals surface area contributed by atoms with Crippen molar-refractivity contribution < 1.29 is 9.32 Å². The Bertz CT molecular complexity index is 780. The standard InChI is InChI=1S/C18H27N7O2/c1-23(2)10-11-25-9-7-15(21-25)19-18(26)24-8-3-4-14(12-24)16-20-17(27-22-16)13-5-6-13/h7,9,13-14H,3-6,8,10-12H2,1-2H3,(H,19,21,26). The van der Waals surface area contributed by atoms with Gasteiger partial charge in [-0.1, -0.05) is 5.16 Å². The number of anilines is 1. The number of hydrogen-bond acceptors (Lipinski definition) is 6. The molecule has 1 unspecified atom stereocenters. The van der Waals surface area contributed by atoms with Gasteiger partial charge in [0, 0.05) is 43.7 Å². The van der Waals surface area contributed by atoms with Crippen LogP contribution < -0.4 is 5.32 Å². The first-order valence-corrected chi connectivity index (χ1v) is 9.66. The maximum absolute atomic E-state index is 12.6. The van der Waals surface area contributed by atoms with Gasteiger partial charge in [0.25, 0.3) is 0 Å². The predicted octanol–water partition coefficient (Wildman–Crippen LogP) is 2.12. The number of nitrogens with zero attached hydrogens (tertiary/aromatic N) is 6. The molecule has 0 spiro atoms. The summed E-state index contributed by atoms with van der Waals surface area (Å²) in [6.45, 7) is 3.03. The zero-order valence-corrected chi connectivity index (χ0v) is 16.0. The van der Waals surface area contributed by atoms with E-state index in [4.69, 9.17) is 4.52 Å². The summed E-state index contributed by atoms with van der Waals surface area (Å²) in [5, 5.41) is 11.5. The summed E-state index contributed by atoms with van der Waals surface area (Å²) in [6.07, 6.45) is 6.08. The molecule has 1 aliphatic heterocycles. The second kappa shape index (κ2) is 7.67. The number of aromatic nitrogens is 4. The maximum Gasteiger partial charge on any atom is 0.323 e. The number of rotatable bonds is 6. The highest BCUT2D eigenvalue weighted by atomic mass is 16.5. The minimum absolute atomic E-state index is 0.122. The maximum atomic E-state index is 12.6. The second-order valence-corrected chi connectivity index (χ2v) is 7.75. The minimum Gasteiger partial charge on any atom is -0.339 e. The van der Waals surface area contributed by atoms with Crippen molar-refractivity contribution in [2.75, 3.05) is 39.0 Å². The third kappa shape index (κ3) is 4.47. The van der Waals surface area contributed by atoms with Crippen LogP contribution in [0.25, 0.3) is 0 Å². The first-order valence-electron chi connectivity index (χ1n) is 9.66. The lowest BCUT2D eigenvalue weighted by Gasteiger charge is -2.31. The van der Waals surface area contributed by atoms with Crippen molar-refractivity contribution in [2.24, 2.45) is 0 Å². The first-order chi connectivity index (χ1) is 13.1. The second-order valence-electron chi connectivity index (χ2n) is 7.75. The smallest absolute Gasteiger partial charge is 0.323 e. The molecule has 0 radical (unpaired) electrons. The Labute approximate surface area is 158 Å². The van der Waals surface area contributed by atoms with Gasteiger partial charge < -0.3 is 14.3 Å². The molecule has 3 heterocycles. The highest BCUT2D eigenvalue weighted by Crippen LogP contribution is 2.39. The Morgan fingerprint density at radius 3 is 2.96 bits per heavy atom. The van der Waals surface area contributed by atoms with E-state index >= 15 is 0 Å². The van der Waals surface area contributed by atoms with Gasteiger partial charge in [0.05, 0.1) is 6.54 Å². The van der Waals surface area contributed by atoms with Crippen molar-refractivity contribution in [3.05, 3.63) is 24.0 Å². The highest BCUT2D eigenvalue weighted by Gasteiger charge is 2.33. The van der Waals surface area contributed by atoms with Crippen LogP contribution in [-0.2, 0) is 6.54 Å². The molecule has 146 valence electrons. The molecule has 2 aromatic heterocycles. The summed E-state index contributed by atoms with van der Waals surface area (Å²) in [4.78, 5) is 21.1. The van der Waals surface area contributed by atoms with E-state index in [1.54, 1.807) is 0 Å². The fourth-order valence-corrected chi connectivity index (χ4v) is 3.33. The molecule has 1 saturated carbocycles. The molecule has 1 aliphatic carbocycles. The summed E-state index contributed by atoms with van der Waals surface area (Å²) >= 11 is 0. The number of hydrogen-bond donors (Lipinski definition) is 1. The number of piperidine rings is 1. The van der Waals surface area contributed by atoms with Crippen LogP contribution in [0.1, 0.15) is 49.2 Å². The zero-order valence-electron chi connectivity index (χ0n) is 16.0. The van der Waals surface area contributed by atoms with Gasteiger partial charge in [-0.15, -0.1) is 0 Å². The van der Waals surface area contributed by atoms with Crippen LogP contribution in [0.2, 0.25) is 0 Å². The third-order valence-electron chi connectivity index (χ3n) is 5.11. The van der Waals surface area contributed by atoms with Crippen molar-refractivity contribution in [1.29, 1.82) is 0 Å². The minimum atomic E-state index is -0.122. The van der Waals surface area contributed by atoms with E-state index in [0.29, 0.717) is 18.3 Å². The Hall–Kier alpha value is -2.42. The number of urea groups is 1. The van der Waals surface area contributed by atoms with E-state index < -0.39 is 0 Å². The summed E-state index contributed by atoms with van der Waals surface area (Å²) in [5.74, 6) is 2.67. The van der Waals surface area contributed by atoms with Crippen molar-refractivity contribution >= 4 is 11.8 Å². The summed E-state index contributed by atoms with van der Waals surface area (Å²) in [6, 6.07) is 1.71. The molecule has 2 fully saturated rings. The van der Waals surface area contributed by atoms with Crippen LogP contribution in [-0.4, -0.2) is 69.5 Å². The molecule has 2 aromatic rings. The van der Waals surface area contributed by atoms with E-state index in [9.17, 15) is 4.79 Å². The molecule has 0 bridgehead atoms. The quantitative estimate of drug-likeness (QED) is 0.834. The Morgan fingerprint density at radius 2 is 2.19 bits per heavy atom. The van der Waals surface area contributed by atoms with Crippen LogP contribution in [0, 0.1) is 0 Å². The summed E-state index contributed by atoms with van der Waals surface area (Å²) in [5.41, 5.74) is 0. The molecule has 1 atom stereocenters. The first kappa shape index (κ1) is 18.0. The molecule has 1 saturated heterocycles. The summed E-state index contributed by atoms with van der Waals surface area (Å²) < 4.78 is 7.22. The van der Waals surface area contributed by atoms with Gasteiger partial charge in [0.2, 0.25) is 5.89 Å².